The van der Waals surface area contributed by atoms with Crippen molar-refractivity contribution in [3.63, 3.8) is 0 Å². The Morgan fingerprint density at radius 1 is 1.00 bits per heavy atom. The second-order valence-corrected chi connectivity index (χ2v) is 9.64. The molecule has 0 bridgehead atoms. The lowest BCUT2D eigenvalue weighted by Crippen LogP contribution is -2.37. The summed E-state index contributed by atoms with van der Waals surface area (Å²) >= 11 is 0. The average molecular weight is 431 g/mol. The minimum absolute atomic E-state index is 0.130. The third-order valence-corrected chi connectivity index (χ3v) is 7.62. The fraction of sp³-hybridized carbons (Fsp3) is 0.583. The summed E-state index contributed by atoms with van der Waals surface area (Å²) in [6, 6.07) is 5.58. The van der Waals surface area contributed by atoms with Crippen molar-refractivity contribution in [2.24, 2.45) is 23.5 Å². The SMILES string of the molecule is N[C@H]1C[C@@H]2CN(c3ccc(-c4cc(F)cc(F)c4F)nn3)[C@@H](CC3CCCCC3)[C@H]2C1. The number of benzene rings is 1. The summed E-state index contributed by atoms with van der Waals surface area (Å²) in [5.74, 6) is -0.525. The van der Waals surface area contributed by atoms with Crippen LogP contribution in [0.1, 0.15) is 51.4 Å². The molecule has 1 aromatic carbocycles. The Labute approximate surface area is 181 Å². The van der Waals surface area contributed by atoms with E-state index in [1.165, 1.54) is 32.1 Å². The Hall–Kier alpha value is -2.15. The molecule has 1 aromatic heterocycles. The molecule has 2 saturated carbocycles. The summed E-state index contributed by atoms with van der Waals surface area (Å²) in [6.45, 7) is 0.909. The summed E-state index contributed by atoms with van der Waals surface area (Å²) in [6.07, 6.45) is 9.81. The van der Waals surface area contributed by atoms with Gasteiger partial charge in [0, 0.05) is 30.3 Å². The van der Waals surface area contributed by atoms with E-state index in [9.17, 15) is 13.2 Å². The summed E-state index contributed by atoms with van der Waals surface area (Å²) in [4.78, 5) is 2.36. The highest BCUT2D eigenvalue weighted by Crippen LogP contribution is 2.46. The third-order valence-electron chi connectivity index (χ3n) is 7.62. The predicted octanol–water partition coefficient (Wildman–Crippen LogP) is 5.07. The molecular formula is C24H29F3N4. The summed E-state index contributed by atoms with van der Waals surface area (Å²) in [5, 5.41) is 8.50. The molecule has 31 heavy (non-hydrogen) atoms. The molecule has 4 atom stereocenters. The standard InChI is InChI=1S/C24H29F3N4/c25-16-10-19(24(27)20(26)11-16)21-6-7-23(30-29-21)31-13-15-9-17(28)12-18(15)22(31)8-14-4-2-1-3-5-14/h6-7,10-11,14-15,17-18,22H,1-5,8-9,12-13,28H2/t15-,17+,18+,22+/m1/s1. The maximum Gasteiger partial charge on any atom is 0.168 e. The fourth-order valence-corrected chi connectivity index (χ4v) is 6.20. The van der Waals surface area contributed by atoms with Crippen LogP contribution in [0, 0.1) is 35.2 Å². The zero-order valence-electron chi connectivity index (χ0n) is 17.6. The van der Waals surface area contributed by atoms with Gasteiger partial charge in [0.25, 0.3) is 0 Å². The first-order valence-corrected chi connectivity index (χ1v) is 11.5. The smallest absolute Gasteiger partial charge is 0.168 e. The van der Waals surface area contributed by atoms with Crippen LogP contribution in [0.3, 0.4) is 0 Å². The van der Waals surface area contributed by atoms with Crippen LogP contribution < -0.4 is 10.6 Å². The Bertz CT molecular complexity index is 929. The first-order valence-electron chi connectivity index (χ1n) is 11.5. The largest absolute Gasteiger partial charge is 0.352 e. The Morgan fingerprint density at radius 2 is 1.81 bits per heavy atom. The van der Waals surface area contributed by atoms with E-state index in [0.717, 1.165) is 43.6 Å². The monoisotopic (exact) mass is 430 g/mol. The first kappa shape index (κ1) is 20.7. The molecule has 5 rings (SSSR count). The highest BCUT2D eigenvalue weighted by Gasteiger charge is 2.47. The minimum Gasteiger partial charge on any atom is -0.352 e. The molecule has 2 heterocycles. The zero-order valence-corrected chi connectivity index (χ0v) is 17.6. The first-order chi connectivity index (χ1) is 15.0. The molecule has 2 aromatic rings. The highest BCUT2D eigenvalue weighted by atomic mass is 19.2. The van der Waals surface area contributed by atoms with Crippen molar-refractivity contribution < 1.29 is 13.2 Å². The summed E-state index contributed by atoms with van der Waals surface area (Å²) in [7, 11) is 0. The van der Waals surface area contributed by atoms with Gasteiger partial charge in [0.15, 0.2) is 17.5 Å². The van der Waals surface area contributed by atoms with Crippen molar-refractivity contribution in [1.29, 1.82) is 0 Å². The van der Waals surface area contributed by atoms with Crippen LogP contribution in [0.5, 0.6) is 0 Å². The van der Waals surface area contributed by atoms with Gasteiger partial charge in [-0.05, 0) is 55.2 Å². The quantitative estimate of drug-likeness (QED) is 0.688. The van der Waals surface area contributed by atoms with Gasteiger partial charge in [-0.3, -0.25) is 0 Å². The van der Waals surface area contributed by atoms with Crippen LogP contribution in [-0.2, 0) is 0 Å². The molecule has 0 amide bonds. The molecule has 2 N–H and O–H groups in total. The molecule has 4 nitrogen and oxygen atoms in total. The second-order valence-electron chi connectivity index (χ2n) is 9.64. The summed E-state index contributed by atoms with van der Waals surface area (Å²) in [5.41, 5.74) is 6.20. The number of hydrogen-bond acceptors (Lipinski definition) is 4. The van der Waals surface area contributed by atoms with Crippen molar-refractivity contribution in [1.82, 2.24) is 10.2 Å². The van der Waals surface area contributed by atoms with Gasteiger partial charge in [0.2, 0.25) is 0 Å². The molecule has 1 saturated heterocycles. The zero-order chi connectivity index (χ0) is 21.5. The molecule has 1 aliphatic heterocycles. The number of hydrogen-bond donors (Lipinski definition) is 1. The van der Waals surface area contributed by atoms with Crippen LogP contribution in [0.15, 0.2) is 24.3 Å². The number of aromatic nitrogens is 2. The van der Waals surface area contributed by atoms with Gasteiger partial charge in [-0.25, -0.2) is 13.2 Å². The van der Waals surface area contributed by atoms with Crippen LogP contribution >= 0.6 is 0 Å². The Morgan fingerprint density at radius 3 is 2.55 bits per heavy atom. The molecule has 2 aliphatic carbocycles. The number of rotatable bonds is 4. The van der Waals surface area contributed by atoms with Gasteiger partial charge in [-0.2, -0.15) is 0 Å². The minimum atomic E-state index is -1.22. The molecule has 166 valence electrons. The number of anilines is 1. The van der Waals surface area contributed by atoms with Crippen LogP contribution in [0.25, 0.3) is 11.3 Å². The lowest BCUT2D eigenvalue weighted by molar-refractivity contribution is 0.284. The van der Waals surface area contributed by atoms with Gasteiger partial charge < -0.3 is 10.6 Å². The van der Waals surface area contributed by atoms with Crippen LogP contribution in [0.4, 0.5) is 19.0 Å². The van der Waals surface area contributed by atoms with E-state index in [4.69, 9.17) is 5.73 Å². The number of nitrogens with zero attached hydrogens (tertiary/aromatic N) is 3. The van der Waals surface area contributed by atoms with Gasteiger partial charge in [0.05, 0.1) is 5.69 Å². The van der Waals surface area contributed by atoms with E-state index in [1.54, 1.807) is 12.1 Å². The normalized spacial score (nSPS) is 28.8. The topological polar surface area (TPSA) is 55.0 Å². The second kappa shape index (κ2) is 8.41. The maximum absolute atomic E-state index is 14.2. The molecule has 0 unspecified atom stereocenters. The molecular weight excluding hydrogens is 401 g/mol. The Balaban J connectivity index is 1.40. The van der Waals surface area contributed by atoms with Gasteiger partial charge in [-0.15, -0.1) is 10.2 Å². The van der Waals surface area contributed by atoms with Crippen LogP contribution in [-0.4, -0.2) is 28.8 Å². The van der Waals surface area contributed by atoms with Crippen molar-refractivity contribution in [2.45, 2.75) is 63.5 Å². The molecule has 0 radical (unpaired) electrons. The number of halogens is 3. The maximum atomic E-state index is 14.2. The third kappa shape index (κ3) is 4.04. The van der Waals surface area contributed by atoms with Gasteiger partial charge in [-0.1, -0.05) is 32.1 Å². The van der Waals surface area contributed by atoms with Crippen molar-refractivity contribution >= 4 is 5.82 Å². The van der Waals surface area contributed by atoms with Gasteiger partial charge in [0.1, 0.15) is 5.82 Å². The van der Waals surface area contributed by atoms with E-state index >= 15 is 0 Å². The van der Waals surface area contributed by atoms with E-state index in [0.29, 0.717) is 23.9 Å². The van der Waals surface area contributed by atoms with E-state index in [2.05, 4.69) is 15.1 Å². The lowest BCUT2D eigenvalue weighted by atomic mass is 9.81. The number of nitrogens with two attached hydrogens (primary N) is 1. The highest BCUT2D eigenvalue weighted by molar-refractivity contribution is 5.61. The van der Waals surface area contributed by atoms with Crippen molar-refractivity contribution in [3.8, 4) is 11.3 Å². The average Bonchev–Trinajstić information content (AvgIpc) is 3.28. The van der Waals surface area contributed by atoms with Crippen molar-refractivity contribution in [2.75, 3.05) is 11.4 Å². The molecule has 3 aliphatic rings. The van der Waals surface area contributed by atoms with Crippen LogP contribution in [0.2, 0.25) is 0 Å². The van der Waals surface area contributed by atoms with E-state index < -0.39 is 17.5 Å². The molecule has 3 fully saturated rings. The predicted molar refractivity (Wildman–Crippen MR) is 114 cm³/mol. The lowest BCUT2D eigenvalue weighted by Gasteiger charge is -2.33. The van der Waals surface area contributed by atoms with Gasteiger partial charge >= 0.3 is 0 Å². The van der Waals surface area contributed by atoms with E-state index in [1.807, 2.05) is 0 Å². The number of fused-ring (bicyclic) bond motifs is 1. The summed E-state index contributed by atoms with van der Waals surface area (Å²) < 4.78 is 41.3. The van der Waals surface area contributed by atoms with E-state index in [-0.39, 0.29) is 17.3 Å². The molecule has 0 spiro atoms. The molecule has 7 heteroatoms. The Kier molecular flexibility index (Phi) is 5.63. The fourth-order valence-electron chi connectivity index (χ4n) is 6.20. The van der Waals surface area contributed by atoms with Crippen molar-refractivity contribution in [3.05, 3.63) is 41.7 Å².